The number of amides is 2. The van der Waals surface area contributed by atoms with E-state index in [2.05, 4.69) is 10.6 Å². The van der Waals surface area contributed by atoms with Gasteiger partial charge in [0.25, 0.3) is 5.91 Å². The number of hydrogen-bond acceptors (Lipinski definition) is 2. The fourth-order valence-corrected chi connectivity index (χ4v) is 6.07. The third-order valence-electron chi connectivity index (χ3n) is 6.39. The van der Waals surface area contributed by atoms with Crippen molar-refractivity contribution in [1.82, 2.24) is 10.6 Å². The summed E-state index contributed by atoms with van der Waals surface area (Å²) >= 11 is 12.0. The van der Waals surface area contributed by atoms with Crippen LogP contribution in [-0.2, 0) is 4.79 Å². The number of nitrogens with one attached hydrogen (secondary N) is 2. The third-order valence-corrected chi connectivity index (χ3v) is 6.95. The Morgan fingerprint density at radius 1 is 0.962 bits per heavy atom. The van der Waals surface area contributed by atoms with Crippen LogP contribution in [-0.4, -0.2) is 24.9 Å². The second-order valence-corrected chi connectivity index (χ2v) is 9.18. The molecule has 0 saturated heterocycles. The van der Waals surface area contributed by atoms with Crippen molar-refractivity contribution in [3.8, 4) is 0 Å². The molecule has 1 aromatic carbocycles. The van der Waals surface area contributed by atoms with Gasteiger partial charge in [-0.3, -0.25) is 9.59 Å². The highest BCUT2D eigenvalue weighted by molar-refractivity contribution is 6.35. The first-order chi connectivity index (χ1) is 12.4. The van der Waals surface area contributed by atoms with E-state index in [0.29, 0.717) is 28.7 Å². The van der Waals surface area contributed by atoms with Crippen molar-refractivity contribution in [1.29, 1.82) is 0 Å². The molecular formula is C20H24Cl2N2O2. The Morgan fingerprint density at radius 2 is 1.54 bits per heavy atom. The van der Waals surface area contributed by atoms with Crippen molar-refractivity contribution in [2.75, 3.05) is 13.1 Å². The van der Waals surface area contributed by atoms with Crippen LogP contribution in [0.5, 0.6) is 0 Å². The lowest BCUT2D eigenvalue weighted by Crippen LogP contribution is -2.54. The summed E-state index contributed by atoms with van der Waals surface area (Å²) in [5.74, 6) is 2.15. The van der Waals surface area contributed by atoms with E-state index in [1.807, 2.05) is 0 Å². The molecule has 0 atom stereocenters. The zero-order chi connectivity index (χ0) is 18.3. The van der Waals surface area contributed by atoms with Crippen molar-refractivity contribution in [2.24, 2.45) is 23.2 Å². The van der Waals surface area contributed by atoms with Crippen LogP contribution in [0.4, 0.5) is 0 Å². The van der Waals surface area contributed by atoms with Crippen molar-refractivity contribution in [3.63, 3.8) is 0 Å². The van der Waals surface area contributed by atoms with E-state index in [9.17, 15) is 9.59 Å². The van der Waals surface area contributed by atoms with Crippen LogP contribution in [0.15, 0.2) is 18.2 Å². The number of hydrogen-bond donors (Lipinski definition) is 2. The van der Waals surface area contributed by atoms with Gasteiger partial charge < -0.3 is 10.6 Å². The van der Waals surface area contributed by atoms with Crippen molar-refractivity contribution in [2.45, 2.75) is 38.5 Å². The molecule has 6 heteroatoms. The summed E-state index contributed by atoms with van der Waals surface area (Å²) in [5.41, 5.74) is 0.209. The van der Waals surface area contributed by atoms with Gasteiger partial charge in [-0.2, -0.15) is 0 Å². The van der Waals surface area contributed by atoms with Crippen molar-refractivity contribution >= 4 is 35.0 Å². The standard InChI is InChI=1S/C20H24Cl2N2O2/c21-15-1-2-17(22)16(8-15)18(25)23-3-4-24-19(26)20-9-12-5-13(10-20)7-14(6-12)11-20/h1-2,8,12-14H,3-7,9-11H2,(H,23,25)(H,24,26). The number of benzene rings is 1. The summed E-state index contributed by atoms with van der Waals surface area (Å²) in [6, 6.07) is 4.80. The highest BCUT2D eigenvalue weighted by Gasteiger charge is 2.54. The van der Waals surface area contributed by atoms with Gasteiger partial charge in [0, 0.05) is 23.5 Å². The number of rotatable bonds is 5. The number of halogens is 2. The summed E-state index contributed by atoms with van der Waals surface area (Å²) in [6.45, 7) is 0.810. The summed E-state index contributed by atoms with van der Waals surface area (Å²) in [6.07, 6.45) is 7.12. The fourth-order valence-electron chi connectivity index (χ4n) is 5.70. The Morgan fingerprint density at radius 3 is 2.15 bits per heavy atom. The summed E-state index contributed by atoms with van der Waals surface area (Å²) < 4.78 is 0. The van der Waals surface area contributed by atoms with Crippen molar-refractivity contribution in [3.05, 3.63) is 33.8 Å². The Balaban J connectivity index is 1.28. The molecule has 4 fully saturated rings. The lowest BCUT2D eigenvalue weighted by molar-refractivity contribution is -0.146. The van der Waals surface area contributed by atoms with Gasteiger partial charge in [-0.1, -0.05) is 23.2 Å². The molecule has 0 radical (unpaired) electrons. The van der Waals surface area contributed by atoms with Crippen molar-refractivity contribution < 1.29 is 9.59 Å². The van der Waals surface area contributed by atoms with E-state index in [-0.39, 0.29) is 17.2 Å². The number of carbonyl (C=O) groups is 2. The average Bonchev–Trinajstić information content (AvgIpc) is 2.59. The van der Waals surface area contributed by atoms with E-state index < -0.39 is 0 Å². The van der Waals surface area contributed by atoms with Crippen LogP contribution >= 0.6 is 23.2 Å². The molecule has 4 bridgehead atoms. The maximum absolute atomic E-state index is 12.8. The summed E-state index contributed by atoms with van der Waals surface area (Å²) in [7, 11) is 0. The molecule has 4 aliphatic carbocycles. The van der Waals surface area contributed by atoms with Gasteiger partial charge in [0.15, 0.2) is 0 Å². The third kappa shape index (κ3) is 3.46. The monoisotopic (exact) mass is 394 g/mol. The Labute approximate surface area is 164 Å². The molecule has 4 nitrogen and oxygen atoms in total. The Hall–Kier alpha value is -1.26. The predicted octanol–water partition coefficient (Wildman–Crippen LogP) is 4.06. The molecular weight excluding hydrogens is 371 g/mol. The molecule has 4 aliphatic rings. The average molecular weight is 395 g/mol. The largest absolute Gasteiger partial charge is 0.354 e. The zero-order valence-corrected chi connectivity index (χ0v) is 16.2. The normalized spacial score (nSPS) is 31.7. The lowest BCUT2D eigenvalue weighted by atomic mass is 9.49. The maximum atomic E-state index is 12.8. The van der Waals surface area contributed by atoms with Gasteiger partial charge in [-0.25, -0.2) is 0 Å². The topological polar surface area (TPSA) is 58.2 Å². The van der Waals surface area contributed by atoms with E-state index >= 15 is 0 Å². The van der Waals surface area contributed by atoms with Crippen LogP contribution < -0.4 is 10.6 Å². The lowest BCUT2D eigenvalue weighted by Gasteiger charge is -2.55. The number of carbonyl (C=O) groups excluding carboxylic acids is 2. The van der Waals surface area contributed by atoms with Crippen LogP contribution in [0.25, 0.3) is 0 Å². The minimum atomic E-state index is -0.276. The molecule has 1 aromatic rings. The molecule has 2 amide bonds. The summed E-state index contributed by atoms with van der Waals surface area (Å²) in [5, 5.41) is 6.69. The first-order valence-corrected chi connectivity index (χ1v) is 10.2. The Kier molecular flexibility index (Phi) is 4.91. The molecule has 0 unspecified atom stereocenters. The van der Waals surface area contributed by atoms with Gasteiger partial charge in [-0.15, -0.1) is 0 Å². The van der Waals surface area contributed by atoms with Crippen LogP contribution in [0, 0.1) is 23.2 Å². The van der Waals surface area contributed by atoms with Gasteiger partial charge in [0.05, 0.1) is 10.6 Å². The van der Waals surface area contributed by atoms with E-state index in [0.717, 1.165) is 37.0 Å². The predicted molar refractivity (Wildman–Crippen MR) is 102 cm³/mol. The van der Waals surface area contributed by atoms with Gasteiger partial charge in [0.2, 0.25) is 5.91 Å². The molecule has 140 valence electrons. The highest BCUT2D eigenvalue weighted by Crippen LogP contribution is 2.60. The van der Waals surface area contributed by atoms with Crippen LogP contribution in [0.2, 0.25) is 10.0 Å². The minimum absolute atomic E-state index is 0.144. The van der Waals surface area contributed by atoms with Gasteiger partial charge >= 0.3 is 0 Å². The highest BCUT2D eigenvalue weighted by atomic mass is 35.5. The first kappa shape index (κ1) is 18.1. The minimum Gasteiger partial charge on any atom is -0.354 e. The molecule has 0 aromatic heterocycles. The van der Waals surface area contributed by atoms with Gasteiger partial charge in [-0.05, 0) is 74.5 Å². The second kappa shape index (κ2) is 7.05. The molecule has 26 heavy (non-hydrogen) atoms. The quantitative estimate of drug-likeness (QED) is 0.739. The zero-order valence-electron chi connectivity index (χ0n) is 14.7. The summed E-state index contributed by atoms with van der Waals surface area (Å²) in [4.78, 5) is 25.1. The molecule has 0 spiro atoms. The van der Waals surface area contributed by atoms with E-state index in [1.165, 1.54) is 19.3 Å². The molecule has 2 N–H and O–H groups in total. The second-order valence-electron chi connectivity index (χ2n) is 8.33. The maximum Gasteiger partial charge on any atom is 0.252 e. The van der Waals surface area contributed by atoms with E-state index in [4.69, 9.17) is 23.2 Å². The van der Waals surface area contributed by atoms with Crippen LogP contribution in [0.1, 0.15) is 48.9 Å². The molecule has 5 rings (SSSR count). The van der Waals surface area contributed by atoms with Crippen LogP contribution in [0.3, 0.4) is 0 Å². The smallest absolute Gasteiger partial charge is 0.252 e. The molecule has 0 aliphatic heterocycles. The van der Waals surface area contributed by atoms with E-state index in [1.54, 1.807) is 18.2 Å². The Bertz CT molecular complexity index is 699. The van der Waals surface area contributed by atoms with Gasteiger partial charge in [0.1, 0.15) is 0 Å². The first-order valence-electron chi connectivity index (χ1n) is 9.47. The SMILES string of the molecule is O=C(NCCNC(=O)C12CC3CC(CC(C3)C1)C2)c1cc(Cl)ccc1Cl. The molecule has 4 saturated carbocycles. The molecule has 0 heterocycles. The fraction of sp³-hybridized carbons (Fsp3) is 0.600.